The van der Waals surface area contributed by atoms with E-state index in [-0.39, 0.29) is 6.61 Å². The van der Waals surface area contributed by atoms with Crippen LogP contribution in [0.4, 0.5) is 0 Å². The first-order valence-corrected chi connectivity index (χ1v) is 10.5. The maximum absolute atomic E-state index is 10.7. The summed E-state index contributed by atoms with van der Waals surface area (Å²) in [6.07, 6.45) is 2.22. The van der Waals surface area contributed by atoms with Gasteiger partial charge in [0.15, 0.2) is 6.61 Å². The van der Waals surface area contributed by atoms with Gasteiger partial charge in [0.05, 0.1) is 0 Å². The maximum Gasteiger partial charge on any atom is 0.341 e. The van der Waals surface area contributed by atoms with Crippen molar-refractivity contribution in [1.82, 2.24) is 0 Å². The quantitative estimate of drug-likeness (QED) is 0.429. The van der Waals surface area contributed by atoms with Gasteiger partial charge in [-0.2, -0.15) is 0 Å². The molecule has 0 aliphatic carbocycles. The van der Waals surface area contributed by atoms with Gasteiger partial charge in [-0.15, -0.1) is 11.8 Å². The van der Waals surface area contributed by atoms with E-state index in [9.17, 15) is 4.79 Å². The second-order valence-corrected chi connectivity index (χ2v) is 7.94. The number of ether oxygens (including phenoxy) is 1. The first-order chi connectivity index (χ1) is 14.0. The van der Waals surface area contributed by atoms with Crippen LogP contribution in [0.1, 0.15) is 16.7 Å². The molecule has 0 aliphatic heterocycles. The Morgan fingerprint density at radius 3 is 2.38 bits per heavy atom. The molecule has 148 valence electrons. The summed E-state index contributed by atoms with van der Waals surface area (Å²) in [4.78, 5) is 11.8. The van der Waals surface area contributed by atoms with Crippen molar-refractivity contribution in [2.24, 2.45) is 0 Å². The van der Waals surface area contributed by atoms with E-state index in [0.29, 0.717) is 5.75 Å². The van der Waals surface area contributed by atoms with Gasteiger partial charge in [0, 0.05) is 15.7 Å². The van der Waals surface area contributed by atoms with Gasteiger partial charge in [0.1, 0.15) is 5.75 Å². The van der Waals surface area contributed by atoms with Crippen molar-refractivity contribution in [3.8, 4) is 5.75 Å². The van der Waals surface area contributed by atoms with Crippen LogP contribution < -0.4 is 4.74 Å². The van der Waals surface area contributed by atoms with Crippen molar-refractivity contribution in [3.63, 3.8) is 0 Å². The molecular formula is C24H21ClO3S. The molecule has 0 aromatic heterocycles. The fourth-order valence-corrected chi connectivity index (χ4v) is 3.88. The summed E-state index contributed by atoms with van der Waals surface area (Å²) in [5, 5.41) is 9.47. The molecule has 0 unspecified atom stereocenters. The van der Waals surface area contributed by atoms with E-state index in [1.807, 2.05) is 67.6 Å². The molecule has 0 fully saturated rings. The van der Waals surface area contributed by atoms with Gasteiger partial charge in [-0.25, -0.2) is 4.79 Å². The van der Waals surface area contributed by atoms with Crippen LogP contribution in [0.15, 0.2) is 83.8 Å². The lowest BCUT2D eigenvalue weighted by molar-refractivity contribution is -0.139. The number of halogens is 1. The normalized spacial score (nSPS) is 11.3. The number of benzene rings is 3. The Bertz CT molecular complexity index is 998. The van der Waals surface area contributed by atoms with E-state index in [1.165, 1.54) is 0 Å². The Morgan fingerprint density at radius 2 is 1.72 bits per heavy atom. The number of carboxylic acids is 1. The van der Waals surface area contributed by atoms with Crippen molar-refractivity contribution in [2.45, 2.75) is 11.8 Å². The van der Waals surface area contributed by atoms with Gasteiger partial charge in [-0.1, -0.05) is 60.1 Å². The minimum absolute atomic E-state index is 0.336. The number of rotatable bonds is 8. The molecular weight excluding hydrogens is 404 g/mol. The molecule has 0 heterocycles. The van der Waals surface area contributed by atoms with Crippen LogP contribution in [-0.4, -0.2) is 23.4 Å². The smallest absolute Gasteiger partial charge is 0.341 e. The highest BCUT2D eigenvalue weighted by Crippen LogP contribution is 2.29. The second kappa shape index (κ2) is 10.2. The molecule has 0 amide bonds. The summed E-state index contributed by atoms with van der Waals surface area (Å²) >= 11 is 7.76. The molecule has 0 bridgehead atoms. The van der Waals surface area contributed by atoms with Crippen molar-refractivity contribution >= 4 is 34.9 Å². The third-order valence-corrected chi connectivity index (χ3v) is 5.45. The number of carboxylic acid groups (broad SMARTS) is 1. The molecule has 0 atom stereocenters. The Hall–Kier alpha value is -2.69. The van der Waals surface area contributed by atoms with Crippen LogP contribution in [0, 0.1) is 6.92 Å². The Labute approximate surface area is 180 Å². The van der Waals surface area contributed by atoms with Crippen LogP contribution in [0.3, 0.4) is 0 Å². The number of hydrogen-bond acceptors (Lipinski definition) is 3. The minimum Gasteiger partial charge on any atom is -0.482 e. The summed E-state index contributed by atoms with van der Waals surface area (Å²) < 4.78 is 5.29. The highest BCUT2D eigenvalue weighted by atomic mass is 35.5. The number of aryl methyl sites for hydroxylation is 1. The van der Waals surface area contributed by atoms with Gasteiger partial charge in [-0.05, 0) is 59.5 Å². The summed E-state index contributed by atoms with van der Waals surface area (Å²) in [6, 6.07) is 23.9. The molecule has 1 N–H and O–H groups in total. The summed E-state index contributed by atoms with van der Waals surface area (Å²) in [6.45, 7) is 1.58. The Kier molecular flexibility index (Phi) is 7.39. The molecule has 0 spiro atoms. The summed E-state index contributed by atoms with van der Waals surface area (Å²) in [5.41, 5.74) is 4.35. The molecule has 0 saturated carbocycles. The molecule has 0 aliphatic rings. The number of aliphatic carboxylic acids is 1. The van der Waals surface area contributed by atoms with E-state index < -0.39 is 5.97 Å². The van der Waals surface area contributed by atoms with Crippen molar-refractivity contribution in [1.29, 1.82) is 0 Å². The van der Waals surface area contributed by atoms with Gasteiger partial charge in [-0.3, -0.25) is 0 Å². The van der Waals surface area contributed by atoms with Gasteiger partial charge in [0.2, 0.25) is 0 Å². The molecule has 5 heteroatoms. The number of carbonyl (C=O) groups is 1. The van der Waals surface area contributed by atoms with E-state index in [2.05, 4.69) is 18.2 Å². The van der Waals surface area contributed by atoms with E-state index in [1.54, 1.807) is 11.8 Å². The van der Waals surface area contributed by atoms with Crippen LogP contribution in [0.5, 0.6) is 5.75 Å². The molecule has 3 aromatic rings. The van der Waals surface area contributed by atoms with E-state index in [4.69, 9.17) is 21.4 Å². The molecule has 3 rings (SSSR count). The zero-order valence-corrected chi connectivity index (χ0v) is 17.5. The van der Waals surface area contributed by atoms with E-state index >= 15 is 0 Å². The predicted molar refractivity (Wildman–Crippen MR) is 120 cm³/mol. The molecule has 0 saturated heterocycles. The first-order valence-electron chi connectivity index (χ1n) is 9.12. The standard InChI is InChI=1S/C24H21ClO3S/c1-17-15-21(11-12-23(17)28-16-24(26)27)29-14-13-22(18-5-3-2-4-6-18)19-7-9-20(25)10-8-19/h2-13,15H,14,16H2,1H3,(H,26,27)/b22-13-. The van der Waals surface area contributed by atoms with Crippen LogP contribution in [-0.2, 0) is 4.79 Å². The molecule has 3 nitrogen and oxygen atoms in total. The Morgan fingerprint density at radius 1 is 1.03 bits per heavy atom. The largest absolute Gasteiger partial charge is 0.482 e. The fraction of sp³-hybridized carbons (Fsp3) is 0.125. The predicted octanol–water partition coefficient (Wildman–Crippen LogP) is 6.34. The first kappa shape index (κ1) is 21.0. The Balaban J connectivity index is 1.75. The SMILES string of the molecule is Cc1cc(SC/C=C(/c2ccccc2)c2ccc(Cl)cc2)ccc1OCC(=O)O. The van der Waals surface area contributed by atoms with Crippen molar-refractivity contribution < 1.29 is 14.6 Å². The second-order valence-electron chi connectivity index (χ2n) is 6.41. The van der Waals surface area contributed by atoms with Crippen LogP contribution >= 0.6 is 23.4 Å². The third-order valence-electron chi connectivity index (χ3n) is 4.28. The minimum atomic E-state index is -0.983. The molecule has 3 aromatic carbocycles. The summed E-state index contributed by atoms with van der Waals surface area (Å²) in [5.74, 6) is 0.406. The molecule has 0 radical (unpaired) electrons. The lowest BCUT2D eigenvalue weighted by Gasteiger charge is -2.10. The van der Waals surface area contributed by atoms with Crippen LogP contribution in [0.25, 0.3) is 5.57 Å². The zero-order valence-electron chi connectivity index (χ0n) is 16.0. The number of hydrogen-bond donors (Lipinski definition) is 1. The van der Waals surface area contributed by atoms with Gasteiger partial charge >= 0.3 is 5.97 Å². The fourth-order valence-electron chi connectivity index (χ4n) is 2.88. The zero-order chi connectivity index (χ0) is 20.6. The van der Waals surface area contributed by atoms with Crippen molar-refractivity contribution in [2.75, 3.05) is 12.4 Å². The van der Waals surface area contributed by atoms with E-state index in [0.717, 1.165) is 37.9 Å². The van der Waals surface area contributed by atoms with Crippen LogP contribution in [0.2, 0.25) is 5.02 Å². The number of thioether (sulfide) groups is 1. The lowest BCUT2D eigenvalue weighted by atomic mass is 9.98. The average molecular weight is 425 g/mol. The monoisotopic (exact) mass is 424 g/mol. The third kappa shape index (κ3) is 6.14. The maximum atomic E-state index is 10.7. The highest BCUT2D eigenvalue weighted by Gasteiger charge is 2.07. The lowest BCUT2D eigenvalue weighted by Crippen LogP contribution is -2.09. The topological polar surface area (TPSA) is 46.5 Å². The van der Waals surface area contributed by atoms with Gasteiger partial charge < -0.3 is 9.84 Å². The average Bonchev–Trinajstić information content (AvgIpc) is 2.72. The molecule has 29 heavy (non-hydrogen) atoms. The van der Waals surface area contributed by atoms with Gasteiger partial charge in [0.25, 0.3) is 0 Å². The highest BCUT2D eigenvalue weighted by molar-refractivity contribution is 7.99. The summed E-state index contributed by atoms with van der Waals surface area (Å²) in [7, 11) is 0. The van der Waals surface area contributed by atoms with Crippen molar-refractivity contribution in [3.05, 3.63) is 101 Å².